The van der Waals surface area contributed by atoms with Gasteiger partial charge in [0.1, 0.15) is 11.5 Å². The largest absolute Gasteiger partial charge is 0.497 e. The van der Waals surface area contributed by atoms with Gasteiger partial charge in [-0.1, -0.05) is 12.1 Å². The Balaban J connectivity index is 1.97. The molecule has 0 spiro atoms. The van der Waals surface area contributed by atoms with E-state index in [0.29, 0.717) is 18.8 Å². The average Bonchev–Trinajstić information content (AvgIpc) is 2.58. The first kappa shape index (κ1) is 19.1. The Bertz CT molecular complexity index is 673. The van der Waals surface area contributed by atoms with Crippen molar-refractivity contribution in [3.8, 4) is 11.5 Å². The molecule has 0 saturated heterocycles. The molecule has 0 aliphatic heterocycles. The van der Waals surface area contributed by atoms with Crippen LogP contribution in [0.3, 0.4) is 0 Å². The van der Waals surface area contributed by atoms with Crippen LogP contribution in [-0.2, 0) is 6.18 Å². The predicted molar refractivity (Wildman–Crippen MR) is 89.2 cm³/mol. The summed E-state index contributed by atoms with van der Waals surface area (Å²) in [5, 5.41) is 1.57. The molecule has 1 atom stereocenters. The number of halogens is 3. The summed E-state index contributed by atoms with van der Waals surface area (Å²) in [6.07, 6.45) is -3.78. The zero-order valence-corrected chi connectivity index (χ0v) is 14.1. The van der Waals surface area contributed by atoms with Crippen molar-refractivity contribution in [3.05, 3.63) is 59.7 Å². The van der Waals surface area contributed by atoms with Gasteiger partial charge in [-0.2, -0.15) is 13.2 Å². The van der Waals surface area contributed by atoms with Crippen LogP contribution >= 0.6 is 0 Å². The highest BCUT2D eigenvalue weighted by atomic mass is 19.4. The SMILES string of the molecule is COc1cccc(C(CCOc2ccc(C(F)(F)F)cc2)N(C)N)c1. The molecule has 4 nitrogen and oxygen atoms in total. The normalized spacial score (nSPS) is 12.9. The van der Waals surface area contributed by atoms with E-state index in [0.717, 1.165) is 23.4 Å². The summed E-state index contributed by atoms with van der Waals surface area (Å²) >= 11 is 0. The standard InChI is InChI=1S/C18H21F3N2O2/c1-23(22)17(13-4-3-5-16(12-13)24-2)10-11-25-15-8-6-14(7-9-15)18(19,20)21/h3-9,12,17H,10-11,22H2,1-2H3. The Labute approximate surface area is 144 Å². The highest BCUT2D eigenvalue weighted by Gasteiger charge is 2.30. The van der Waals surface area contributed by atoms with E-state index in [-0.39, 0.29) is 6.04 Å². The van der Waals surface area contributed by atoms with Gasteiger partial charge in [-0.25, -0.2) is 5.01 Å². The quantitative estimate of drug-likeness (QED) is 0.602. The van der Waals surface area contributed by atoms with Gasteiger partial charge in [0.15, 0.2) is 0 Å². The van der Waals surface area contributed by atoms with Crippen molar-refractivity contribution in [1.29, 1.82) is 0 Å². The number of alkyl halides is 3. The van der Waals surface area contributed by atoms with Gasteiger partial charge in [0.2, 0.25) is 0 Å². The minimum absolute atomic E-state index is 0.107. The second-order valence-corrected chi connectivity index (χ2v) is 5.62. The summed E-state index contributed by atoms with van der Waals surface area (Å²) in [6.45, 7) is 0.314. The molecule has 2 aromatic rings. The average molecular weight is 354 g/mol. The Kier molecular flexibility index (Phi) is 6.27. The van der Waals surface area contributed by atoms with E-state index in [1.807, 2.05) is 24.3 Å². The van der Waals surface area contributed by atoms with Crippen LogP contribution in [-0.4, -0.2) is 25.8 Å². The fraction of sp³-hybridized carbons (Fsp3) is 0.333. The molecule has 2 N–H and O–H groups in total. The highest BCUT2D eigenvalue weighted by Crippen LogP contribution is 2.30. The third kappa shape index (κ3) is 5.37. The van der Waals surface area contributed by atoms with Crippen LogP contribution < -0.4 is 15.3 Å². The van der Waals surface area contributed by atoms with Gasteiger partial charge < -0.3 is 9.47 Å². The van der Waals surface area contributed by atoms with Crippen LogP contribution in [0.4, 0.5) is 13.2 Å². The van der Waals surface area contributed by atoms with Gasteiger partial charge in [-0.05, 0) is 42.0 Å². The number of ether oxygens (including phenoxy) is 2. The van der Waals surface area contributed by atoms with Gasteiger partial charge in [-0.3, -0.25) is 5.84 Å². The Morgan fingerprint density at radius 3 is 2.32 bits per heavy atom. The molecular weight excluding hydrogens is 333 g/mol. The molecular formula is C18H21F3N2O2. The van der Waals surface area contributed by atoms with Crippen molar-refractivity contribution in [2.24, 2.45) is 5.84 Å². The van der Waals surface area contributed by atoms with E-state index >= 15 is 0 Å². The molecule has 0 aliphatic carbocycles. The molecule has 0 heterocycles. The lowest BCUT2D eigenvalue weighted by atomic mass is 10.0. The first-order valence-electron chi connectivity index (χ1n) is 7.73. The number of benzene rings is 2. The fourth-order valence-corrected chi connectivity index (χ4v) is 2.48. The molecule has 0 aromatic heterocycles. The third-order valence-electron chi connectivity index (χ3n) is 3.81. The molecule has 0 saturated carbocycles. The molecule has 2 rings (SSSR count). The van der Waals surface area contributed by atoms with Gasteiger partial charge in [0.25, 0.3) is 0 Å². The number of nitrogens with two attached hydrogens (primary N) is 1. The molecule has 2 aromatic carbocycles. The summed E-state index contributed by atoms with van der Waals surface area (Å²) in [7, 11) is 3.34. The third-order valence-corrected chi connectivity index (χ3v) is 3.81. The van der Waals surface area contributed by atoms with Crippen LogP contribution in [0.5, 0.6) is 11.5 Å². The topological polar surface area (TPSA) is 47.7 Å². The fourth-order valence-electron chi connectivity index (χ4n) is 2.48. The van der Waals surface area contributed by atoms with Gasteiger partial charge >= 0.3 is 6.18 Å². The van der Waals surface area contributed by atoms with E-state index in [2.05, 4.69) is 0 Å². The van der Waals surface area contributed by atoms with Crippen molar-refractivity contribution in [2.45, 2.75) is 18.6 Å². The Morgan fingerprint density at radius 2 is 1.76 bits per heavy atom. The second kappa shape index (κ2) is 8.22. The van der Waals surface area contributed by atoms with Gasteiger partial charge in [0, 0.05) is 13.5 Å². The van der Waals surface area contributed by atoms with E-state index in [4.69, 9.17) is 15.3 Å². The van der Waals surface area contributed by atoms with E-state index < -0.39 is 11.7 Å². The van der Waals surface area contributed by atoms with Crippen molar-refractivity contribution in [3.63, 3.8) is 0 Å². The molecule has 7 heteroatoms. The lowest BCUT2D eigenvalue weighted by Crippen LogP contribution is -2.32. The number of nitrogens with zero attached hydrogens (tertiary/aromatic N) is 1. The van der Waals surface area contributed by atoms with Gasteiger partial charge in [-0.15, -0.1) is 0 Å². The molecule has 0 radical (unpaired) electrons. The lowest BCUT2D eigenvalue weighted by molar-refractivity contribution is -0.137. The van der Waals surface area contributed by atoms with E-state index in [9.17, 15) is 13.2 Å². The van der Waals surface area contributed by atoms with Crippen LogP contribution in [0.1, 0.15) is 23.6 Å². The first-order valence-corrected chi connectivity index (χ1v) is 7.73. The second-order valence-electron chi connectivity index (χ2n) is 5.62. The predicted octanol–water partition coefficient (Wildman–Crippen LogP) is 4.03. The number of hydrazine groups is 1. The summed E-state index contributed by atoms with van der Waals surface area (Å²) in [5.74, 6) is 7.04. The lowest BCUT2D eigenvalue weighted by Gasteiger charge is -2.24. The van der Waals surface area contributed by atoms with Crippen LogP contribution in [0.15, 0.2) is 48.5 Å². The maximum atomic E-state index is 12.5. The zero-order valence-electron chi connectivity index (χ0n) is 14.1. The Hall–Kier alpha value is -2.25. The van der Waals surface area contributed by atoms with E-state index in [1.54, 1.807) is 19.2 Å². The summed E-state index contributed by atoms with van der Waals surface area (Å²) in [5.41, 5.74) is 0.274. The molecule has 0 amide bonds. The minimum atomic E-state index is -4.35. The maximum absolute atomic E-state index is 12.5. The van der Waals surface area contributed by atoms with Crippen LogP contribution in [0, 0.1) is 0 Å². The number of hydrogen-bond acceptors (Lipinski definition) is 4. The molecule has 0 bridgehead atoms. The number of hydrogen-bond donors (Lipinski definition) is 1. The van der Waals surface area contributed by atoms with Crippen LogP contribution in [0.2, 0.25) is 0 Å². The number of methoxy groups -OCH3 is 1. The first-order chi connectivity index (χ1) is 11.8. The van der Waals surface area contributed by atoms with Crippen molar-refractivity contribution in [2.75, 3.05) is 20.8 Å². The van der Waals surface area contributed by atoms with Crippen LogP contribution in [0.25, 0.3) is 0 Å². The summed E-state index contributed by atoms with van der Waals surface area (Å²) in [4.78, 5) is 0. The molecule has 0 aliphatic rings. The highest BCUT2D eigenvalue weighted by molar-refractivity contribution is 5.31. The van der Waals surface area contributed by atoms with Gasteiger partial charge in [0.05, 0.1) is 25.3 Å². The molecule has 136 valence electrons. The monoisotopic (exact) mass is 354 g/mol. The number of rotatable bonds is 7. The molecule has 0 fully saturated rings. The van der Waals surface area contributed by atoms with Crippen molar-refractivity contribution < 1.29 is 22.6 Å². The van der Waals surface area contributed by atoms with Crippen molar-refractivity contribution in [1.82, 2.24) is 5.01 Å². The molecule has 25 heavy (non-hydrogen) atoms. The summed E-state index contributed by atoms with van der Waals surface area (Å²) < 4.78 is 48.4. The molecule has 1 unspecified atom stereocenters. The van der Waals surface area contributed by atoms with Crippen molar-refractivity contribution >= 4 is 0 Å². The minimum Gasteiger partial charge on any atom is -0.497 e. The Morgan fingerprint density at radius 1 is 1.08 bits per heavy atom. The smallest absolute Gasteiger partial charge is 0.416 e. The maximum Gasteiger partial charge on any atom is 0.416 e. The summed E-state index contributed by atoms with van der Waals surface area (Å²) in [6, 6.07) is 12.1. The zero-order chi connectivity index (χ0) is 18.4. The van der Waals surface area contributed by atoms with E-state index in [1.165, 1.54) is 12.1 Å².